The summed E-state index contributed by atoms with van der Waals surface area (Å²) in [5, 5.41) is 11.4. The van der Waals surface area contributed by atoms with Crippen molar-refractivity contribution in [2.45, 2.75) is 6.92 Å². The van der Waals surface area contributed by atoms with Crippen molar-refractivity contribution < 1.29 is 0 Å². The average molecular weight is 271 g/mol. The van der Waals surface area contributed by atoms with E-state index >= 15 is 0 Å². The molecule has 0 aromatic carbocycles. The number of hydrogen-bond donors (Lipinski definition) is 1. The van der Waals surface area contributed by atoms with Crippen LogP contribution >= 0.6 is 0 Å². The molecule has 0 atom stereocenters. The molecule has 3 aromatic rings. The molecule has 0 aliphatic carbocycles. The Kier molecular flexibility index (Phi) is 3.07. The van der Waals surface area contributed by atoms with Gasteiger partial charge in [-0.25, -0.2) is 4.98 Å². The van der Waals surface area contributed by atoms with Gasteiger partial charge in [0.05, 0.1) is 0 Å². The highest BCUT2D eigenvalue weighted by atomic mass is 15.4. The quantitative estimate of drug-likeness (QED) is 0.727. The highest BCUT2D eigenvalue weighted by molar-refractivity contribution is 5.51. The zero-order valence-electron chi connectivity index (χ0n) is 11.1. The second-order valence-corrected chi connectivity index (χ2v) is 4.03. The van der Waals surface area contributed by atoms with Gasteiger partial charge in [0, 0.05) is 19.8 Å². The Labute approximate surface area is 114 Å². The van der Waals surface area contributed by atoms with Crippen molar-refractivity contribution in [1.82, 2.24) is 39.5 Å². The molecule has 0 bridgehead atoms. The molecular weight excluding hydrogens is 258 g/mol. The Balaban J connectivity index is 2.09. The van der Waals surface area contributed by atoms with Gasteiger partial charge in [0.25, 0.3) is 5.95 Å². The summed E-state index contributed by atoms with van der Waals surface area (Å²) in [6, 6.07) is 1.84. The van der Waals surface area contributed by atoms with E-state index < -0.39 is 0 Å². The lowest BCUT2D eigenvalue weighted by atomic mass is 10.4. The molecule has 3 heterocycles. The molecule has 0 fully saturated rings. The normalized spacial score (nSPS) is 10.7. The van der Waals surface area contributed by atoms with Gasteiger partial charge in [0.1, 0.15) is 18.3 Å². The van der Waals surface area contributed by atoms with Crippen molar-refractivity contribution in [3.8, 4) is 17.5 Å². The van der Waals surface area contributed by atoms with Crippen LogP contribution in [0.3, 0.4) is 0 Å². The van der Waals surface area contributed by atoms with E-state index in [1.54, 1.807) is 4.68 Å². The van der Waals surface area contributed by atoms with E-state index in [4.69, 9.17) is 0 Å². The number of aryl methyl sites for hydroxylation is 1. The van der Waals surface area contributed by atoms with E-state index in [0.29, 0.717) is 30.0 Å². The summed E-state index contributed by atoms with van der Waals surface area (Å²) in [5.74, 6) is 1.37. The van der Waals surface area contributed by atoms with Gasteiger partial charge in [-0.2, -0.15) is 29.8 Å². The average Bonchev–Trinajstić information content (AvgIpc) is 3.09. The third-order valence-corrected chi connectivity index (χ3v) is 2.52. The Morgan fingerprint density at radius 3 is 2.80 bits per heavy atom. The van der Waals surface area contributed by atoms with Crippen LogP contribution in [-0.4, -0.2) is 46.0 Å². The van der Waals surface area contributed by atoms with Crippen LogP contribution in [0.5, 0.6) is 0 Å². The zero-order valence-corrected chi connectivity index (χ0v) is 11.1. The Bertz CT molecular complexity index is 701. The van der Waals surface area contributed by atoms with Crippen LogP contribution in [0.1, 0.15) is 6.92 Å². The number of aromatic nitrogens is 8. The number of rotatable bonds is 4. The lowest BCUT2D eigenvalue weighted by molar-refractivity contribution is 0.763. The largest absolute Gasteiger partial charge is 0.354 e. The molecule has 102 valence electrons. The van der Waals surface area contributed by atoms with Crippen molar-refractivity contribution in [2.24, 2.45) is 7.05 Å². The summed E-state index contributed by atoms with van der Waals surface area (Å²) < 4.78 is 3.18. The van der Waals surface area contributed by atoms with Crippen LogP contribution in [0.15, 0.2) is 24.9 Å². The molecule has 0 radical (unpaired) electrons. The van der Waals surface area contributed by atoms with Crippen molar-refractivity contribution in [1.29, 1.82) is 0 Å². The van der Waals surface area contributed by atoms with Gasteiger partial charge in [-0.1, -0.05) is 0 Å². The third-order valence-electron chi connectivity index (χ3n) is 2.52. The molecule has 0 amide bonds. The molecule has 9 heteroatoms. The highest BCUT2D eigenvalue weighted by Gasteiger charge is 2.12. The topological polar surface area (TPSA) is 99.2 Å². The first-order valence-electron chi connectivity index (χ1n) is 6.11. The van der Waals surface area contributed by atoms with Gasteiger partial charge < -0.3 is 5.32 Å². The molecular formula is C11H13N9. The molecule has 9 nitrogen and oxygen atoms in total. The van der Waals surface area contributed by atoms with Crippen LogP contribution in [0, 0.1) is 0 Å². The minimum Gasteiger partial charge on any atom is -0.354 e. The summed E-state index contributed by atoms with van der Waals surface area (Å²) >= 11 is 0. The van der Waals surface area contributed by atoms with Crippen molar-refractivity contribution in [3.05, 3.63) is 24.9 Å². The van der Waals surface area contributed by atoms with E-state index in [0.717, 1.165) is 0 Å². The SMILES string of the molecule is CCNc1nc(-c2ccn(C)n2)nc(-n2cncn2)n1. The van der Waals surface area contributed by atoms with Gasteiger partial charge in [-0.05, 0) is 13.0 Å². The molecule has 3 aromatic heterocycles. The van der Waals surface area contributed by atoms with Gasteiger partial charge in [0.15, 0.2) is 5.82 Å². The maximum absolute atomic E-state index is 4.36. The lowest BCUT2D eigenvalue weighted by Gasteiger charge is -2.05. The van der Waals surface area contributed by atoms with E-state index in [9.17, 15) is 0 Å². The van der Waals surface area contributed by atoms with Crippen LogP contribution in [0.25, 0.3) is 17.5 Å². The lowest BCUT2D eigenvalue weighted by Crippen LogP contribution is -2.10. The Morgan fingerprint density at radius 1 is 1.25 bits per heavy atom. The number of nitrogens with one attached hydrogen (secondary N) is 1. The summed E-state index contributed by atoms with van der Waals surface area (Å²) in [5.41, 5.74) is 0.676. The Hall–Kier alpha value is -2.84. The van der Waals surface area contributed by atoms with Crippen molar-refractivity contribution in [2.75, 3.05) is 11.9 Å². The first-order valence-corrected chi connectivity index (χ1v) is 6.11. The summed E-state index contributed by atoms with van der Waals surface area (Å²) in [7, 11) is 1.84. The first kappa shape index (κ1) is 12.2. The summed E-state index contributed by atoms with van der Waals surface area (Å²) in [6.07, 6.45) is 4.80. The third kappa shape index (κ3) is 2.32. The first-order chi connectivity index (χ1) is 9.76. The van der Waals surface area contributed by atoms with Crippen molar-refractivity contribution in [3.63, 3.8) is 0 Å². The predicted molar refractivity (Wildman–Crippen MR) is 71.1 cm³/mol. The number of nitrogens with zero attached hydrogens (tertiary/aromatic N) is 8. The van der Waals surface area contributed by atoms with Crippen LogP contribution in [-0.2, 0) is 7.05 Å². The zero-order chi connectivity index (χ0) is 13.9. The maximum atomic E-state index is 4.36. The van der Waals surface area contributed by atoms with Gasteiger partial charge in [-0.3, -0.25) is 4.68 Å². The van der Waals surface area contributed by atoms with Gasteiger partial charge in [-0.15, -0.1) is 0 Å². The molecule has 0 saturated heterocycles. The van der Waals surface area contributed by atoms with Crippen LogP contribution in [0.2, 0.25) is 0 Å². The molecule has 0 unspecified atom stereocenters. The molecule has 3 rings (SSSR count). The molecule has 1 N–H and O–H groups in total. The van der Waals surface area contributed by atoms with Crippen LogP contribution in [0.4, 0.5) is 5.95 Å². The fourth-order valence-corrected chi connectivity index (χ4v) is 1.66. The maximum Gasteiger partial charge on any atom is 0.257 e. The summed E-state index contributed by atoms with van der Waals surface area (Å²) in [4.78, 5) is 16.9. The van der Waals surface area contributed by atoms with Gasteiger partial charge >= 0.3 is 0 Å². The number of hydrogen-bond acceptors (Lipinski definition) is 7. The second-order valence-electron chi connectivity index (χ2n) is 4.03. The summed E-state index contributed by atoms with van der Waals surface area (Å²) in [6.45, 7) is 2.68. The standard InChI is InChI=1S/C11H13N9/c1-3-13-10-15-9(8-4-5-19(2)18-8)16-11(17-10)20-7-12-6-14-20/h4-7H,3H2,1-2H3,(H,13,15,16,17). The minimum atomic E-state index is 0.397. The molecule has 0 aliphatic heterocycles. The number of anilines is 1. The fraction of sp³-hybridized carbons (Fsp3) is 0.273. The fourth-order valence-electron chi connectivity index (χ4n) is 1.66. The van der Waals surface area contributed by atoms with E-state index in [1.807, 2.05) is 26.2 Å². The molecule has 0 aliphatic rings. The smallest absolute Gasteiger partial charge is 0.257 e. The van der Waals surface area contributed by atoms with E-state index in [-0.39, 0.29) is 0 Å². The van der Waals surface area contributed by atoms with E-state index in [2.05, 4.69) is 35.5 Å². The molecule has 20 heavy (non-hydrogen) atoms. The van der Waals surface area contributed by atoms with Crippen LogP contribution < -0.4 is 5.32 Å². The molecule has 0 saturated carbocycles. The second kappa shape index (κ2) is 5.03. The van der Waals surface area contributed by atoms with Gasteiger partial charge in [0.2, 0.25) is 5.95 Å². The highest BCUT2D eigenvalue weighted by Crippen LogP contribution is 2.14. The predicted octanol–water partition coefficient (Wildman–Crippen LogP) is 0.285. The van der Waals surface area contributed by atoms with E-state index in [1.165, 1.54) is 17.3 Å². The molecule has 0 spiro atoms. The minimum absolute atomic E-state index is 0.397. The Morgan fingerprint density at radius 2 is 2.15 bits per heavy atom. The monoisotopic (exact) mass is 271 g/mol. The van der Waals surface area contributed by atoms with Crippen molar-refractivity contribution >= 4 is 5.95 Å².